The molecule has 138 valence electrons. The van der Waals surface area contributed by atoms with Gasteiger partial charge in [-0.05, 0) is 25.3 Å². The molecule has 0 radical (unpaired) electrons. The summed E-state index contributed by atoms with van der Waals surface area (Å²) in [5, 5.41) is 6.28. The van der Waals surface area contributed by atoms with Crippen LogP contribution in [0.2, 0.25) is 0 Å². The van der Waals surface area contributed by atoms with Crippen molar-refractivity contribution in [3.63, 3.8) is 0 Å². The van der Waals surface area contributed by atoms with E-state index in [1.54, 1.807) is 0 Å². The molecule has 1 amide bonds. The molecule has 0 saturated carbocycles. The van der Waals surface area contributed by atoms with Gasteiger partial charge in [-0.2, -0.15) is 0 Å². The Bertz CT molecular complexity index is 586. The Kier molecular flexibility index (Phi) is 8.45. The molecule has 1 aromatic rings. The number of carbonyl (C=O) groups is 1. The second-order valence-electron chi connectivity index (χ2n) is 5.98. The lowest BCUT2D eigenvalue weighted by atomic mass is 10.2. The number of nitrogens with zero attached hydrogens (tertiary/aromatic N) is 2. The normalized spacial score (nSPS) is 15.9. The molecular formula is C18H28N4O2S. The second-order valence-corrected chi connectivity index (χ2v) is 7.56. The zero-order valence-electron chi connectivity index (χ0n) is 14.9. The van der Waals surface area contributed by atoms with Gasteiger partial charge in [0.2, 0.25) is 5.91 Å². The third-order valence-electron chi connectivity index (χ3n) is 3.97. The number of likely N-dealkylation sites (tertiary alicyclic amines) is 1. The molecule has 0 spiro atoms. The lowest BCUT2D eigenvalue weighted by molar-refractivity contribution is -0.128. The zero-order valence-corrected chi connectivity index (χ0v) is 15.7. The van der Waals surface area contributed by atoms with E-state index in [0.717, 1.165) is 38.0 Å². The van der Waals surface area contributed by atoms with Crippen LogP contribution in [0.15, 0.2) is 35.3 Å². The van der Waals surface area contributed by atoms with Crippen LogP contribution in [0.5, 0.6) is 0 Å². The maximum absolute atomic E-state index is 12.1. The highest BCUT2D eigenvalue weighted by Gasteiger charge is 2.17. The lowest BCUT2D eigenvalue weighted by Gasteiger charge is -2.15. The van der Waals surface area contributed by atoms with Gasteiger partial charge in [0.25, 0.3) is 0 Å². The fourth-order valence-corrected chi connectivity index (χ4v) is 3.71. The SMILES string of the molecule is CCNC(=NCC(=O)N1CCCC1)NCCS(=O)Cc1ccccc1. The fraction of sp³-hybridized carbons (Fsp3) is 0.556. The smallest absolute Gasteiger partial charge is 0.244 e. The third kappa shape index (κ3) is 7.25. The van der Waals surface area contributed by atoms with Gasteiger partial charge >= 0.3 is 0 Å². The van der Waals surface area contributed by atoms with Gasteiger partial charge < -0.3 is 15.5 Å². The second kappa shape index (κ2) is 10.9. The van der Waals surface area contributed by atoms with Crippen molar-refractivity contribution in [2.45, 2.75) is 25.5 Å². The number of hydrogen-bond donors (Lipinski definition) is 2. The van der Waals surface area contributed by atoms with Crippen molar-refractivity contribution >= 4 is 22.7 Å². The molecule has 2 N–H and O–H groups in total. The van der Waals surface area contributed by atoms with E-state index in [9.17, 15) is 9.00 Å². The van der Waals surface area contributed by atoms with Crippen LogP contribution in [0.1, 0.15) is 25.3 Å². The maximum atomic E-state index is 12.1. The summed E-state index contributed by atoms with van der Waals surface area (Å²) < 4.78 is 12.1. The third-order valence-corrected chi connectivity index (χ3v) is 5.28. The number of rotatable bonds is 8. The van der Waals surface area contributed by atoms with Crippen molar-refractivity contribution in [3.05, 3.63) is 35.9 Å². The van der Waals surface area contributed by atoms with Gasteiger partial charge in [-0.15, -0.1) is 0 Å². The predicted molar refractivity (Wildman–Crippen MR) is 103 cm³/mol. The van der Waals surface area contributed by atoms with Crippen LogP contribution in [0, 0.1) is 0 Å². The highest BCUT2D eigenvalue weighted by molar-refractivity contribution is 7.84. The first-order chi connectivity index (χ1) is 12.2. The highest BCUT2D eigenvalue weighted by Crippen LogP contribution is 2.07. The Balaban J connectivity index is 1.73. The molecule has 1 atom stereocenters. The van der Waals surface area contributed by atoms with Crippen molar-refractivity contribution in [2.24, 2.45) is 4.99 Å². The summed E-state index contributed by atoms with van der Waals surface area (Å²) in [6.45, 7) is 5.10. The minimum Gasteiger partial charge on any atom is -0.357 e. The first-order valence-electron chi connectivity index (χ1n) is 8.88. The molecule has 1 fully saturated rings. The van der Waals surface area contributed by atoms with Crippen molar-refractivity contribution in [1.82, 2.24) is 15.5 Å². The summed E-state index contributed by atoms with van der Waals surface area (Å²) in [7, 11) is -0.926. The minimum absolute atomic E-state index is 0.0716. The molecule has 0 aliphatic carbocycles. The molecule has 0 bridgehead atoms. The Morgan fingerprint density at radius 1 is 1.20 bits per heavy atom. The van der Waals surface area contributed by atoms with Gasteiger partial charge in [0.1, 0.15) is 6.54 Å². The molecule has 2 rings (SSSR count). The minimum atomic E-state index is -0.926. The van der Waals surface area contributed by atoms with E-state index in [1.807, 2.05) is 42.2 Å². The van der Waals surface area contributed by atoms with E-state index in [1.165, 1.54) is 0 Å². The molecule has 1 heterocycles. The van der Waals surface area contributed by atoms with Crippen LogP contribution in [0.25, 0.3) is 0 Å². The van der Waals surface area contributed by atoms with E-state index in [4.69, 9.17) is 0 Å². The fourth-order valence-electron chi connectivity index (χ4n) is 2.67. The van der Waals surface area contributed by atoms with Crippen LogP contribution in [-0.2, 0) is 21.3 Å². The molecule has 1 aliphatic rings. The van der Waals surface area contributed by atoms with Crippen LogP contribution >= 0.6 is 0 Å². The van der Waals surface area contributed by atoms with E-state index >= 15 is 0 Å². The summed E-state index contributed by atoms with van der Waals surface area (Å²) in [4.78, 5) is 18.3. The van der Waals surface area contributed by atoms with E-state index in [2.05, 4.69) is 15.6 Å². The molecule has 1 unspecified atom stereocenters. The zero-order chi connectivity index (χ0) is 17.9. The van der Waals surface area contributed by atoms with E-state index < -0.39 is 10.8 Å². The number of nitrogens with one attached hydrogen (secondary N) is 2. The number of aliphatic imine (C=N–C) groups is 1. The topological polar surface area (TPSA) is 73.8 Å². The summed E-state index contributed by atoms with van der Waals surface area (Å²) in [5.74, 6) is 1.78. The Morgan fingerprint density at radius 3 is 2.60 bits per heavy atom. The summed E-state index contributed by atoms with van der Waals surface area (Å²) in [6, 6.07) is 9.84. The van der Waals surface area contributed by atoms with E-state index in [-0.39, 0.29) is 12.5 Å². The Hall–Kier alpha value is -1.89. The molecule has 1 saturated heterocycles. The quantitative estimate of drug-likeness (QED) is 0.535. The number of carbonyl (C=O) groups excluding carboxylic acids is 1. The number of guanidine groups is 1. The van der Waals surface area contributed by atoms with Gasteiger partial charge in [-0.3, -0.25) is 9.00 Å². The van der Waals surface area contributed by atoms with Gasteiger partial charge in [-0.1, -0.05) is 30.3 Å². The number of amides is 1. The van der Waals surface area contributed by atoms with Crippen LogP contribution in [0.3, 0.4) is 0 Å². The van der Waals surface area contributed by atoms with Gasteiger partial charge in [0.15, 0.2) is 5.96 Å². The first kappa shape index (κ1) is 19.4. The average Bonchev–Trinajstić information content (AvgIpc) is 3.15. The molecule has 25 heavy (non-hydrogen) atoms. The summed E-state index contributed by atoms with van der Waals surface area (Å²) >= 11 is 0. The number of benzene rings is 1. The Morgan fingerprint density at radius 2 is 1.92 bits per heavy atom. The number of hydrogen-bond acceptors (Lipinski definition) is 3. The van der Waals surface area contributed by atoms with Crippen LogP contribution in [0.4, 0.5) is 0 Å². The molecule has 0 aromatic heterocycles. The predicted octanol–water partition coefficient (Wildman–Crippen LogP) is 1.11. The first-order valence-corrected chi connectivity index (χ1v) is 10.4. The molecule has 6 nitrogen and oxygen atoms in total. The molecular weight excluding hydrogens is 336 g/mol. The van der Waals surface area contributed by atoms with Gasteiger partial charge in [0, 0.05) is 48.5 Å². The van der Waals surface area contributed by atoms with Crippen molar-refractivity contribution in [3.8, 4) is 0 Å². The van der Waals surface area contributed by atoms with E-state index in [0.29, 0.717) is 24.0 Å². The largest absolute Gasteiger partial charge is 0.357 e. The van der Waals surface area contributed by atoms with Crippen molar-refractivity contribution in [2.75, 3.05) is 38.5 Å². The van der Waals surface area contributed by atoms with Gasteiger partial charge in [-0.25, -0.2) is 4.99 Å². The highest BCUT2D eigenvalue weighted by atomic mass is 32.2. The average molecular weight is 365 g/mol. The van der Waals surface area contributed by atoms with Crippen molar-refractivity contribution < 1.29 is 9.00 Å². The lowest BCUT2D eigenvalue weighted by Crippen LogP contribution is -2.40. The standard InChI is InChI=1S/C18H28N4O2S/c1-2-19-18(21-14-17(23)22-11-6-7-12-22)20-10-13-25(24)15-16-8-4-3-5-9-16/h3-5,8-9H,2,6-7,10-15H2,1H3,(H2,19,20,21). The summed E-state index contributed by atoms with van der Waals surface area (Å²) in [6.07, 6.45) is 2.17. The molecule has 7 heteroatoms. The van der Waals surface area contributed by atoms with Crippen LogP contribution < -0.4 is 10.6 Å². The molecule has 1 aromatic carbocycles. The molecule has 1 aliphatic heterocycles. The Labute approximate surface area is 152 Å². The van der Waals surface area contributed by atoms with Crippen LogP contribution in [-0.4, -0.2) is 59.5 Å². The summed E-state index contributed by atoms with van der Waals surface area (Å²) in [5.41, 5.74) is 1.08. The monoisotopic (exact) mass is 364 g/mol. The van der Waals surface area contributed by atoms with Gasteiger partial charge in [0.05, 0.1) is 0 Å². The maximum Gasteiger partial charge on any atom is 0.244 e. The van der Waals surface area contributed by atoms with Crippen molar-refractivity contribution in [1.29, 1.82) is 0 Å².